The zero-order chi connectivity index (χ0) is 20.5. The number of carbonyl (C=O) groups excluding carboxylic acids is 1. The molecule has 2 N–H and O–H groups in total. The van der Waals surface area contributed by atoms with Crippen molar-refractivity contribution in [2.75, 3.05) is 32.7 Å². The van der Waals surface area contributed by atoms with Crippen LogP contribution in [0.2, 0.25) is 0 Å². The highest BCUT2D eigenvalue weighted by molar-refractivity contribution is 7.18. The molecule has 2 saturated heterocycles. The third-order valence-corrected chi connectivity index (χ3v) is 6.93. The monoisotopic (exact) mass is 425 g/mol. The topological polar surface area (TPSA) is 60.5 Å². The number of amides is 1. The van der Waals surface area contributed by atoms with E-state index >= 15 is 0 Å². The maximum Gasteiger partial charge on any atom is 0.229 e. The summed E-state index contributed by atoms with van der Waals surface area (Å²) in [5, 5.41) is 1.12. The number of aromatic nitrogens is 1. The first-order valence-corrected chi connectivity index (χ1v) is 11.1. The average Bonchev–Trinajstić information content (AvgIpc) is 3.41. The molecule has 0 saturated carbocycles. The molecule has 0 aliphatic carbocycles. The van der Waals surface area contributed by atoms with Gasteiger partial charge in [0.15, 0.2) is 0 Å². The largest absolute Gasteiger partial charge is 0.340 e. The van der Waals surface area contributed by atoms with Gasteiger partial charge in [-0.15, -0.1) is 11.3 Å². The summed E-state index contributed by atoms with van der Waals surface area (Å²) in [6, 6.07) is 14.4. The zero-order valence-corrected chi connectivity index (χ0v) is 17.4. The van der Waals surface area contributed by atoms with Gasteiger partial charge in [-0.1, -0.05) is 24.3 Å². The van der Waals surface area contributed by atoms with Crippen LogP contribution in [-0.2, 0) is 11.3 Å². The number of nitrogens with one attached hydrogen (secondary N) is 2. The summed E-state index contributed by atoms with van der Waals surface area (Å²) < 4.78 is 14.5. The van der Waals surface area contributed by atoms with Crippen molar-refractivity contribution in [2.24, 2.45) is 5.92 Å². The van der Waals surface area contributed by atoms with Crippen LogP contribution in [0, 0.1) is 11.7 Å². The molecular formula is C22H24FN5OS. The van der Waals surface area contributed by atoms with E-state index in [-0.39, 0.29) is 23.7 Å². The Bertz CT molecular complexity index is 998. The number of fused-ring (bicyclic) bond motifs is 1. The van der Waals surface area contributed by atoms with E-state index < -0.39 is 0 Å². The van der Waals surface area contributed by atoms with Crippen molar-refractivity contribution in [3.8, 4) is 0 Å². The molecule has 2 aliphatic rings. The van der Waals surface area contributed by atoms with E-state index in [4.69, 9.17) is 4.98 Å². The molecule has 1 amide bonds. The molecule has 2 unspecified atom stereocenters. The van der Waals surface area contributed by atoms with Gasteiger partial charge in [-0.3, -0.25) is 15.1 Å². The van der Waals surface area contributed by atoms with Crippen molar-refractivity contribution < 1.29 is 9.18 Å². The molecule has 2 aliphatic heterocycles. The number of halogens is 1. The van der Waals surface area contributed by atoms with Crippen molar-refractivity contribution in [1.82, 2.24) is 25.6 Å². The number of para-hydroxylation sites is 1. The van der Waals surface area contributed by atoms with Crippen LogP contribution in [0.15, 0.2) is 48.5 Å². The third-order valence-electron chi connectivity index (χ3n) is 5.91. The van der Waals surface area contributed by atoms with Gasteiger partial charge in [-0.25, -0.2) is 14.8 Å². The maximum absolute atomic E-state index is 13.3. The van der Waals surface area contributed by atoms with Crippen LogP contribution in [0.25, 0.3) is 10.2 Å². The summed E-state index contributed by atoms with van der Waals surface area (Å²) in [5.74, 6) is -0.301. The van der Waals surface area contributed by atoms with Crippen molar-refractivity contribution in [2.45, 2.75) is 12.6 Å². The molecule has 3 heterocycles. The second kappa shape index (κ2) is 8.39. The fourth-order valence-corrected chi connectivity index (χ4v) is 5.26. The molecule has 156 valence electrons. The van der Waals surface area contributed by atoms with Crippen LogP contribution in [-0.4, -0.2) is 53.4 Å². The Labute approximate surface area is 178 Å². The number of rotatable bonds is 4. The van der Waals surface area contributed by atoms with Gasteiger partial charge >= 0.3 is 0 Å². The summed E-state index contributed by atoms with van der Waals surface area (Å²) in [7, 11) is 0. The van der Waals surface area contributed by atoms with Crippen LogP contribution >= 0.6 is 11.3 Å². The molecule has 5 rings (SSSR count). The van der Waals surface area contributed by atoms with Crippen molar-refractivity contribution in [3.05, 3.63) is 64.9 Å². The molecule has 8 heteroatoms. The van der Waals surface area contributed by atoms with E-state index in [1.165, 1.54) is 16.8 Å². The second-order valence-corrected chi connectivity index (χ2v) is 8.95. The van der Waals surface area contributed by atoms with Crippen molar-refractivity contribution in [1.29, 1.82) is 0 Å². The van der Waals surface area contributed by atoms with Gasteiger partial charge in [0, 0.05) is 32.7 Å². The van der Waals surface area contributed by atoms with Gasteiger partial charge in [-0.2, -0.15) is 0 Å². The predicted octanol–water partition coefficient (Wildman–Crippen LogP) is 2.54. The fourth-order valence-electron chi connectivity index (χ4n) is 4.25. The van der Waals surface area contributed by atoms with Crippen LogP contribution < -0.4 is 10.9 Å². The van der Waals surface area contributed by atoms with E-state index in [9.17, 15) is 9.18 Å². The smallest absolute Gasteiger partial charge is 0.229 e. The minimum atomic E-state index is -0.267. The summed E-state index contributed by atoms with van der Waals surface area (Å²) in [4.78, 5) is 22.2. The van der Waals surface area contributed by atoms with E-state index in [0.29, 0.717) is 6.54 Å². The number of hydrogen-bond donors (Lipinski definition) is 2. The highest BCUT2D eigenvalue weighted by atomic mass is 32.1. The Hall–Kier alpha value is -2.39. The molecule has 1 aromatic heterocycles. The summed E-state index contributed by atoms with van der Waals surface area (Å²) in [5.41, 5.74) is 8.26. The summed E-state index contributed by atoms with van der Waals surface area (Å²) in [6.45, 7) is 4.53. The minimum absolute atomic E-state index is 0.140. The molecular weight excluding hydrogens is 401 g/mol. The third kappa shape index (κ3) is 3.96. The Morgan fingerprint density at radius 1 is 1.10 bits per heavy atom. The normalized spacial score (nSPS) is 22.6. The van der Waals surface area contributed by atoms with Crippen molar-refractivity contribution >= 4 is 27.5 Å². The lowest BCUT2D eigenvalue weighted by molar-refractivity contribution is -0.137. The number of benzene rings is 2. The van der Waals surface area contributed by atoms with Crippen molar-refractivity contribution in [3.63, 3.8) is 0 Å². The number of thiazole rings is 1. The molecule has 3 aromatic rings. The standard InChI is InChI=1S/C22H24FN5OS/c23-16-7-5-15(6-8-16)21-17(13-24-26-21)22(29)28-11-9-27(10-12-28)14-20-25-18-3-1-2-4-19(18)30-20/h1-8,17,21,24,26H,9-14H2. The van der Waals surface area contributed by atoms with Gasteiger partial charge in [-0.05, 0) is 29.8 Å². The molecule has 0 radical (unpaired) electrons. The first kappa shape index (κ1) is 19.6. The van der Waals surface area contributed by atoms with Crippen LogP contribution in [0.4, 0.5) is 4.39 Å². The lowest BCUT2D eigenvalue weighted by Gasteiger charge is -2.36. The van der Waals surface area contributed by atoms with E-state index in [0.717, 1.165) is 48.8 Å². The first-order chi connectivity index (χ1) is 14.7. The Morgan fingerprint density at radius 3 is 2.63 bits per heavy atom. The lowest BCUT2D eigenvalue weighted by atomic mass is 9.93. The Kier molecular flexibility index (Phi) is 5.47. The fraction of sp³-hybridized carbons (Fsp3) is 0.364. The van der Waals surface area contributed by atoms with Crippen LogP contribution in [0.3, 0.4) is 0 Å². The minimum Gasteiger partial charge on any atom is -0.340 e. The van der Waals surface area contributed by atoms with Gasteiger partial charge in [0.05, 0.1) is 28.7 Å². The quantitative estimate of drug-likeness (QED) is 0.673. The molecule has 2 aromatic carbocycles. The van der Waals surface area contributed by atoms with E-state index in [2.05, 4.69) is 21.8 Å². The highest BCUT2D eigenvalue weighted by Gasteiger charge is 2.37. The summed E-state index contributed by atoms with van der Waals surface area (Å²) in [6.07, 6.45) is 0. The number of nitrogens with zero attached hydrogens (tertiary/aromatic N) is 3. The number of hydrogen-bond acceptors (Lipinski definition) is 6. The highest BCUT2D eigenvalue weighted by Crippen LogP contribution is 2.28. The number of carbonyl (C=O) groups is 1. The first-order valence-electron chi connectivity index (χ1n) is 10.3. The Balaban J connectivity index is 1.19. The van der Waals surface area contributed by atoms with Crippen LogP contribution in [0.1, 0.15) is 16.6 Å². The average molecular weight is 426 g/mol. The number of piperazine rings is 1. The molecule has 2 atom stereocenters. The van der Waals surface area contributed by atoms with Gasteiger partial charge < -0.3 is 4.90 Å². The second-order valence-electron chi connectivity index (χ2n) is 7.84. The van der Waals surface area contributed by atoms with Gasteiger partial charge in [0.2, 0.25) is 5.91 Å². The molecule has 2 fully saturated rings. The van der Waals surface area contributed by atoms with E-state index in [1.54, 1.807) is 23.5 Å². The van der Waals surface area contributed by atoms with Crippen LogP contribution in [0.5, 0.6) is 0 Å². The molecule has 0 spiro atoms. The number of hydrazine groups is 1. The Morgan fingerprint density at radius 2 is 1.87 bits per heavy atom. The zero-order valence-electron chi connectivity index (χ0n) is 16.6. The molecule has 30 heavy (non-hydrogen) atoms. The van der Waals surface area contributed by atoms with Gasteiger partial charge in [0.25, 0.3) is 0 Å². The lowest BCUT2D eigenvalue weighted by Crippen LogP contribution is -2.50. The molecule has 0 bridgehead atoms. The SMILES string of the molecule is O=C(C1CNNC1c1ccc(F)cc1)N1CCN(Cc2nc3ccccc3s2)CC1. The molecule has 6 nitrogen and oxygen atoms in total. The predicted molar refractivity (Wildman–Crippen MR) is 115 cm³/mol. The maximum atomic E-state index is 13.3. The van der Waals surface area contributed by atoms with E-state index in [1.807, 2.05) is 23.1 Å². The summed E-state index contributed by atoms with van der Waals surface area (Å²) >= 11 is 1.74. The van der Waals surface area contributed by atoms with Gasteiger partial charge in [0.1, 0.15) is 10.8 Å².